The van der Waals surface area contributed by atoms with Gasteiger partial charge in [0, 0.05) is 6.20 Å². The molecular weight excluding hydrogens is 224 g/mol. The van der Waals surface area contributed by atoms with Crippen LogP contribution in [0.4, 0.5) is 0 Å². The summed E-state index contributed by atoms with van der Waals surface area (Å²) in [5.41, 5.74) is 1.80. The summed E-state index contributed by atoms with van der Waals surface area (Å²) >= 11 is 0. The van der Waals surface area contributed by atoms with Crippen LogP contribution in [0, 0.1) is 0 Å². The Morgan fingerprint density at radius 1 is 1.19 bits per heavy atom. The van der Waals surface area contributed by atoms with Crippen molar-refractivity contribution in [3.63, 3.8) is 0 Å². The van der Waals surface area contributed by atoms with Crippen LogP contribution in [0.3, 0.4) is 0 Å². The molecule has 0 spiro atoms. The molecular formula is C11H12N2O2S. The molecule has 0 saturated carbocycles. The van der Waals surface area contributed by atoms with Crippen LogP contribution < -0.4 is 0 Å². The molecule has 0 atom stereocenters. The second-order valence-electron chi connectivity index (χ2n) is 3.40. The predicted octanol–water partition coefficient (Wildman–Crippen LogP) is 1.87. The van der Waals surface area contributed by atoms with E-state index in [1.807, 2.05) is 6.07 Å². The number of H-pyrrole nitrogens is 1. The minimum Gasteiger partial charge on any atom is -0.278 e. The van der Waals surface area contributed by atoms with Crippen LogP contribution in [0.25, 0.3) is 11.3 Å². The molecule has 84 valence electrons. The maximum Gasteiger partial charge on any atom is 0.178 e. The Hall–Kier alpha value is -1.62. The molecule has 0 bridgehead atoms. The van der Waals surface area contributed by atoms with E-state index in [2.05, 4.69) is 10.2 Å². The number of nitrogens with zero attached hydrogens (tertiary/aromatic N) is 1. The third kappa shape index (κ3) is 1.99. The predicted molar refractivity (Wildman–Crippen MR) is 61.8 cm³/mol. The number of aromatic nitrogens is 2. The van der Waals surface area contributed by atoms with Gasteiger partial charge in [0.05, 0.1) is 16.3 Å². The minimum atomic E-state index is -3.11. The zero-order chi connectivity index (χ0) is 11.6. The zero-order valence-electron chi connectivity index (χ0n) is 8.84. The quantitative estimate of drug-likeness (QED) is 0.884. The van der Waals surface area contributed by atoms with Gasteiger partial charge in [0.2, 0.25) is 0 Å². The van der Waals surface area contributed by atoms with Gasteiger partial charge < -0.3 is 0 Å². The SMILES string of the molecule is CCS(=O)(=O)c1ccc(-c2ccn[nH]2)cc1. The normalized spacial score (nSPS) is 11.6. The average Bonchev–Trinajstić information content (AvgIpc) is 2.83. The average molecular weight is 236 g/mol. The van der Waals surface area contributed by atoms with E-state index >= 15 is 0 Å². The number of sulfone groups is 1. The van der Waals surface area contributed by atoms with Crippen molar-refractivity contribution in [2.75, 3.05) is 5.75 Å². The fraction of sp³-hybridized carbons (Fsp3) is 0.182. The Balaban J connectivity index is 2.38. The third-order valence-corrected chi connectivity index (χ3v) is 4.16. The molecule has 0 radical (unpaired) electrons. The summed E-state index contributed by atoms with van der Waals surface area (Å²) in [4.78, 5) is 0.360. The van der Waals surface area contributed by atoms with Gasteiger partial charge >= 0.3 is 0 Å². The Bertz CT molecular complexity index is 557. The molecule has 0 amide bonds. The third-order valence-electron chi connectivity index (χ3n) is 2.41. The van der Waals surface area contributed by atoms with Gasteiger partial charge in [-0.25, -0.2) is 8.42 Å². The fourth-order valence-corrected chi connectivity index (χ4v) is 2.31. The Morgan fingerprint density at radius 3 is 2.38 bits per heavy atom. The number of benzene rings is 1. The summed E-state index contributed by atoms with van der Waals surface area (Å²) in [5, 5.41) is 6.67. The van der Waals surface area contributed by atoms with E-state index in [9.17, 15) is 8.42 Å². The molecule has 2 rings (SSSR count). The van der Waals surface area contributed by atoms with E-state index in [1.54, 1.807) is 37.4 Å². The molecule has 1 N–H and O–H groups in total. The molecule has 1 aromatic carbocycles. The summed E-state index contributed by atoms with van der Waals surface area (Å²) in [6.45, 7) is 1.64. The maximum atomic E-state index is 11.6. The first-order valence-corrected chi connectivity index (χ1v) is 6.61. The smallest absolute Gasteiger partial charge is 0.178 e. The monoisotopic (exact) mass is 236 g/mol. The molecule has 4 nitrogen and oxygen atoms in total. The van der Waals surface area contributed by atoms with E-state index in [0.717, 1.165) is 11.3 Å². The molecule has 0 aliphatic carbocycles. The summed E-state index contributed by atoms with van der Waals surface area (Å²) < 4.78 is 23.2. The van der Waals surface area contributed by atoms with Crippen molar-refractivity contribution in [2.24, 2.45) is 0 Å². The molecule has 1 aromatic heterocycles. The minimum absolute atomic E-state index is 0.121. The summed E-state index contributed by atoms with van der Waals surface area (Å²) in [6, 6.07) is 8.62. The van der Waals surface area contributed by atoms with Crippen molar-refractivity contribution in [3.8, 4) is 11.3 Å². The van der Waals surface area contributed by atoms with E-state index in [4.69, 9.17) is 0 Å². The summed E-state index contributed by atoms with van der Waals surface area (Å²) in [6.07, 6.45) is 1.66. The Morgan fingerprint density at radius 2 is 1.88 bits per heavy atom. The van der Waals surface area contributed by atoms with Crippen molar-refractivity contribution in [1.82, 2.24) is 10.2 Å². The summed E-state index contributed by atoms with van der Waals surface area (Å²) in [5.74, 6) is 0.121. The van der Waals surface area contributed by atoms with Gasteiger partial charge in [0.25, 0.3) is 0 Å². The lowest BCUT2D eigenvalue weighted by molar-refractivity contribution is 0.597. The second-order valence-corrected chi connectivity index (χ2v) is 5.68. The number of rotatable bonds is 3. The molecule has 16 heavy (non-hydrogen) atoms. The van der Waals surface area contributed by atoms with Crippen molar-refractivity contribution in [1.29, 1.82) is 0 Å². The zero-order valence-corrected chi connectivity index (χ0v) is 9.66. The Kier molecular flexibility index (Phi) is 2.78. The summed E-state index contributed by atoms with van der Waals surface area (Å²) in [7, 11) is -3.11. The maximum absolute atomic E-state index is 11.6. The molecule has 2 aromatic rings. The lowest BCUT2D eigenvalue weighted by Gasteiger charge is -2.02. The van der Waals surface area contributed by atoms with Gasteiger partial charge in [0.15, 0.2) is 9.84 Å². The highest BCUT2D eigenvalue weighted by Crippen LogP contribution is 2.19. The van der Waals surface area contributed by atoms with Crippen molar-refractivity contribution in [3.05, 3.63) is 36.5 Å². The first-order chi connectivity index (χ1) is 7.63. The molecule has 5 heteroatoms. The van der Waals surface area contributed by atoms with E-state index in [-0.39, 0.29) is 5.75 Å². The highest BCUT2D eigenvalue weighted by molar-refractivity contribution is 7.91. The molecule has 0 fully saturated rings. The van der Waals surface area contributed by atoms with E-state index in [1.165, 1.54) is 0 Å². The van der Waals surface area contributed by atoms with Crippen LogP contribution >= 0.6 is 0 Å². The molecule has 1 heterocycles. The van der Waals surface area contributed by atoms with E-state index in [0.29, 0.717) is 4.90 Å². The highest BCUT2D eigenvalue weighted by atomic mass is 32.2. The van der Waals surface area contributed by atoms with Crippen molar-refractivity contribution >= 4 is 9.84 Å². The van der Waals surface area contributed by atoms with Crippen molar-refractivity contribution < 1.29 is 8.42 Å². The number of nitrogens with one attached hydrogen (secondary N) is 1. The molecule has 0 saturated heterocycles. The molecule has 0 aliphatic heterocycles. The van der Waals surface area contributed by atoms with Crippen molar-refractivity contribution in [2.45, 2.75) is 11.8 Å². The van der Waals surface area contributed by atoms with Crippen LogP contribution in [0.2, 0.25) is 0 Å². The first-order valence-electron chi connectivity index (χ1n) is 4.96. The topological polar surface area (TPSA) is 62.8 Å². The standard InChI is InChI=1S/C11H12N2O2S/c1-2-16(14,15)10-5-3-9(4-6-10)11-7-8-12-13-11/h3-8H,2H2,1H3,(H,12,13). The highest BCUT2D eigenvalue weighted by Gasteiger charge is 2.11. The largest absolute Gasteiger partial charge is 0.278 e. The van der Waals surface area contributed by atoms with Gasteiger partial charge in [0.1, 0.15) is 0 Å². The van der Waals surface area contributed by atoms with Gasteiger partial charge in [-0.3, -0.25) is 5.10 Å². The lowest BCUT2D eigenvalue weighted by Crippen LogP contribution is -2.03. The number of hydrogen-bond donors (Lipinski definition) is 1. The van der Waals surface area contributed by atoms with Crippen LogP contribution in [-0.2, 0) is 9.84 Å². The number of hydrogen-bond acceptors (Lipinski definition) is 3. The van der Waals surface area contributed by atoms with Gasteiger partial charge in [-0.05, 0) is 23.8 Å². The first kappa shape index (κ1) is 10.9. The van der Waals surface area contributed by atoms with Crippen LogP contribution in [-0.4, -0.2) is 24.4 Å². The molecule has 0 unspecified atom stereocenters. The number of aromatic amines is 1. The van der Waals surface area contributed by atoms with Crippen LogP contribution in [0.5, 0.6) is 0 Å². The second kappa shape index (κ2) is 4.09. The Labute approximate surface area is 94.2 Å². The van der Waals surface area contributed by atoms with Crippen LogP contribution in [0.15, 0.2) is 41.4 Å². The van der Waals surface area contributed by atoms with Gasteiger partial charge in [-0.15, -0.1) is 0 Å². The fourth-order valence-electron chi connectivity index (χ4n) is 1.43. The van der Waals surface area contributed by atoms with Gasteiger partial charge in [-0.2, -0.15) is 5.10 Å². The van der Waals surface area contributed by atoms with Crippen LogP contribution in [0.1, 0.15) is 6.92 Å². The van der Waals surface area contributed by atoms with E-state index < -0.39 is 9.84 Å². The lowest BCUT2D eigenvalue weighted by atomic mass is 10.2. The molecule has 0 aliphatic rings. The van der Waals surface area contributed by atoms with Gasteiger partial charge in [-0.1, -0.05) is 19.1 Å².